The molecule has 6 heteroatoms. The minimum atomic E-state index is -0.961. The third-order valence-electron chi connectivity index (χ3n) is 3.31. The Morgan fingerprint density at radius 2 is 1.90 bits per heavy atom. The van der Waals surface area contributed by atoms with Crippen LogP contribution in [0, 0.1) is 5.82 Å². The Hall–Kier alpha value is -0.650. The first-order valence-electron chi connectivity index (χ1n) is 6.22. The van der Waals surface area contributed by atoms with E-state index in [0.717, 1.165) is 5.56 Å². The minimum absolute atomic E-state index is 0.183. The van der Waals surface area contributed by atoms with Gasteiger partial charge in [0.15, 0.2) is 0 Å². The molecule has 0 aliphatic carbocycles. The van der Waals surface area contributed by atoms with Gasteiger partial charge in [-0.1, -0.05) is 41.4 Å². The van der Waals surface area contributed by atoms with Crippen LogP contribution in [0.3, 0.4) is 0 Å². The highest BCUT2D eigenvalue weighted by Gasteiger charge is 2.24. The van der Waals surface area contributed by atoms with E-state index in [1.807, 2.05) is 0 Å². The molecule has 2 nitrogen and oxygen atoms in total. The van der Waals surface area contributed by atoms with Crippen LogP contribution in [0.4, 0.5) is 4.39 Å². The van der Waals surface area contributed by atoms with Crippen molar-refractivity contribution in [2.24, 2.45) is 5.73 Å². The van der Waals surface area contributed by atoms with E-state index in [1.165, 1.54) is 6.07 Å². The van der Waals surface area contributed by atoms with Crippen molar-refractivity contribution in [2.75, 3.05) is 6.54 Å². The maximum Gasteiger partial charge on any atom is 0.137 e. The summed E-state index contributed by atoms with van der Waals surface area (Å²) in [7, 11) is 0. The third kappa shape index (κ3) is 3.58. The van der Waals surface area contributed by atoms with E-state index in [-0.39, 0.29) is 11.0 Å². The summed E-state index contributed by atoms with van der Waals surface area (Å²) in [6, 6.07) is 9.57. The summed E-state index contributed by atoms with van der Waals surface area (Å²) in [6.45, 7) is 0.183. The fourth-order valence-electron chi connectivity index (χ4n) is 2.16. The van der Waals surface area contributed by atoms with Crippen molar-refractivity contribution in [3.63, 3.8) is 0 Å². The van der Waals surface area contributed by atoms with E-state index in [2.05, 4.69) is 15.9 Å². The second-order valence-electron chi connectivity index (χ2n) is 4.60. The molecule has 21 heavy (non-hydrogen) atoms. The molecule has 0 aliphatic rings. The van der Waals surface area contributed by atoms with Gasteiger partial charge < -0.3 is 10.8 Å². The first-order chi connectivity index (χ1) is 9.95. The van der Waals surface area contributed by atoms with Crippen molar-refractivity contribution in [3.8, 4) is 0 Å². The Bertz CT molecular complexity index is 654. The van der Waals surface area contributed by atoms with Gasteiger partial charge >= 0.3 is 0 Å². The van der Waals surface area contributed by atoms with Gasteiger partial charge in [-0.25, -0.2) is 4.39 Å². The molecule has 0 bridgehead atoms. The number of hydrogen-bond donors (Lipinski definition) is 2. The molecule has 3 N–H and O–H groups in total. The molecular weight excluding hydrogens is 380 g/mol. The van der Waals surface area contributed by atoms with E-state index in [9.17, 15) is 9.50 Å². The lowest BCUT2D eigenvalue weighted by molar-refractivity contribution is 0.146. The number of aliphatic hydroxyl groups excluding tert-OH is 1. The van der Waals surface area contributed by atoms with Crippen LogP contribution in [0.2, 0.25) is 10.0 Å². The number of hydrogen-bond acceptors (Lipinski definition) is 2. The van der Waals surface area contributed by atoms with E-state index in [4.69, 9.17) is 28.9 Å². The highest BCUT2D eigenvalue weighted by molar-refractivity contribution is 9.10. The molecule has 0 radical (unpaired) electrons. The van der Waals surface area contributed by atoms with Crippen molar-refractivity contribution in [3.05, 3.63) is 67.9 Å². The van der Waals surface area contributed by atoms with E-state index in [0.29, 0.717) is 15.6 Å². The Kier molecular flexibility index (Phi) is 5.63. The smallest absolute Gasteiger partial charge is 0.137 e. The van der Waals surface area contributed by atoms with Gasteiger partial charge in [0.05, 0.1) is 20.6 Å². The molecule has 0 saturated carbocycles. The van der Waals surface area contributed by atoms with Crippen molar-refractivity contribution in [2.45, 2.75) is 12.0 Å². The average molecular weight is 393 g/mol. The zero-order chi connectivity index (χ0) is 15.6. The highest BCUT2D eigenvalue weighted by atomic mass is 79.9. The van der Waals surface area contributed by atoms with Crippen molar-refractivity contribution in [1.29, 1.82) is 0 Å². The molecule has 0 amide bonds. The van der Waals surface area contributed by atoms with E-state index >= 15 is 0 Å². The molecule has 2 aromatic carbocycles. The van der Waals surface area contributed by atoms with Crippen LogP contribution in [0.15, 0.2) is 40.9 Å². The Morgan fingerprint density at radius 3 is 2.52 bits per heavy atom. The number of aliphatic hydroxyl groups is 1. The minimum Gasteiger partial charge on any atom is -0.388 e. The number of halogens is 4. The number of benzene rings is 2. The van der Waals surface area contributed by atoms with E-state index in [1.54, 1.807) is 30.3 Å². The molecule has 0 fully saturated rings. The van der Waals surface area contributed by atoms with Crippen LogP contribution in [-0.4, -0.2) is 11.7 Å². The number of nitrogens with two attached hydrogens (primary N) is 1. The van der Waals surface area contributed by atoms with Crippen LogP contribution in [-0.2, 0) is 0 Å². The lowest BCUT2D eigenvalue weighted by Crippen LogP contribution is -2.20. The third-order valence-corrected chi connectivity index (χ3v) is 4.88. The topological polar surface area (TPSA) is 46.2 Å². The monoisotopic (exact) mass is 391 g/mol. The number of rotatable bonds is 4. The van der Waals surface area contributed by atoms with Gasteiger partial charge in [0.1, 0.15) is 5.82 Å². The molecular formula is C15H13BrCl2FNO. The molecule has 0 saturated heterocycles. The fourth-order valence-corrected chi connectivity index (χ4v) is 2.96. The summed E-state index contributed by atoms with van der Waals surface area (Å²) in [5.41, 5.74) is 6.96. The summed E-state index contributed by atoms with van der Waals surface area (Å²) in [5, 5.41) is 11.4. The van der Waals surface area contributed by atoms with Gasteiger partial charge in [-0.05, 0) is 45.3 Å². The van der Waals surface area contributed by atoms with Gasteiger partial charge in [-0.2, -0.15) is 0 Å². The standard InChI is InChI=1S/C15H13BrCl2FNO/c16-14-9(2-1-3-13(14)19)15(21)10(7-20)8-4-5-11(17)12(18)6-8/h1-6,10,15,21H,7,20H2. The quantitative estimate of drug-likeness (QED) is 0.793. The normalized spacial score (nSPS) is 14.0. The summed E-state index contributed by atoms with van der Waals surface area (Å²) < 4.78 is 13.8. The van der Waals surface area contributed by atoms with Crippen LogP contribution in [0.5, 0.6) is 0 Å². The first-order valence-corrected chi connectivity index (χ1v) is 7.77. The molecule has 2 unspecified atom stereocenters. The van der Waals surface area contributed by atoms with Gasteiger partial charge in [-0.15, -0.1) is 0 Å². The lowest BCUT2D eigenvalue weighted by atomic mass is 9.89. The van der Waals surface area contributed by atoms with Crippen molar-refractivity contribution >= 4 is 39.1 Å². The average Bonchev–Trinajstić information content (AvgIpc) is 2.46. The van der Waals surface area contributed by atoms with Crippen molar-refractivity contribution < 1.29 is 9.50 Å². The molecule has 112 valence electrons. The van der Waals surface area contributed by atoms with Crippen molar-refractivity contribution in [1.82, 2.24) is 0 Å². The fraction of sp³-hybridized carbons (Fsp3) is 0.200. The predicted octanol–water partition coefficient (Wildman–Crippen LogP) is 4.67. The second kappa shape index (κ2) is 7.07. The molecule has 0 heterocycles. The molecule has 2 atom stereocenters. The molecule has 0 aliphatic heterocycles. The summed E-state index contributed by atoms with van der Waals surface area (Å²) in [6.07, 6.45) is -0.961. The Morgan fingerprint density at radius 1 is 1.19 bits per heavy atom. The zero-order valence-corrected chi connectivity index (χ0v) is 14.0. The second-order valence-corrected chi connectivity index (χ2v) is 6.21. The molecule has 0 aromatic heterocycles. The molecule has 0 spiro atoms. The van der Waals surface area contributed by atoms with Crippen LogP contribution >= 0.6 is 39.1 Å². The zero-order valence-electron chi connectivity index (χ0n) is 10.9. The predicted molar refractivity (Wildman–Crippen MR) is 87.3 cm³/mol. The largest absolute Gasteiger partial charge is 0.388 e. The van der Waals surface area contributed by atoms with Crippen LogP contribution in [0.1, 0.15) is 23.1 Å². The van der Waals surface area contributed by atoms with Crippen LogP contribution < -0.4 is 5.73 Å². The summed E-state index contributed by atoms with van der Waals surface area (Å²) in [5.74, 6) is -0.852. The summed E-state index contributed by atoms with van der Waals surface area (Å²) in [4.78, 5) is 0. The van der Waals surface area contributed by atoms with Crippen LogP contribution in [0.25, 0.3) is 0 Å². The lowest BCUT2D eigenvalue weighted by Gasteiger charge is -2.23. The maximum atomic E-state index is 13.6. The highest BCUT2D eigenvalue weighted by Crippen LogP contribution is 2.36. The SMILES string of the molecule is NCC(c1ccc(Cl)c(Cl)c1)C(O)c1cccc(F)c1Br. The van der Waals surface area contributed by atoms with Gasteiger partial charge in [0.25, 0.3) is 0 Å². The Labute approximate surface area is 140 Å². The summed E-state index contributed by atoms with van der Waals surface area (Å²) >= 11 is 15.0. The van der Waals surface area contributed by atoms with E-state index < -0.39 is 17.8 Å². The molecule has 2 aromatic rings. The maximum absolute atomic E-state index is 13.6. The van der Waals surface area contributed by atoms with Gasteiger partial charge in [0, 0.05) is 12.5 Å². The van der Waals surface area contributed by atoms with Gasteiger partial charge in [-0.3, -0.25) is 0 Å². The first kappa shape index (κ1) is 16.7. The van der Waals surface area contributed by atoms with Gasteiger partial charge in [0.2, 0.25) is 0 Å². The molecule has 2 rings (SSSR count). The Balaban J connectivity index is 2.40.